The SMILES string of the molecule is Cc1cc(CCCC(=O)C(c2ccccc2)N2CCN(C3CCCCC3)CC2)cc(C(F)(F)F)c1. The number of alkyl halides is 3. The fourth-order valence-electron chi connectivity index (χ4n) is 5.82. The molecule has 2 fully saturated rings. The van der Waals surface area contributed by atoms with Gasteiger partial charge < -0.3 is 0 Å². The maximum Gasteiger partial charge on any atom is 0.416 e. The summed E-state index contributed by atoms with van der Waals surface area (Å²) in [6.45, 7) is 5.40. The molecule has 2 aromatic carbocycles. The van der Waals surface area contributed by atoms with Crippen molar-refractivity contribution in [3.63, 3.8) is 0 Å². The van der Waals surface area contributed by atoms with E-state index >= 15 is 0 Å². The summed E-state index contributed by atoms with van der Waals surface area (Å²) in [5.41, 5.74) is 1.64. The molecule has 6 heteroatoms. The third-order valence-corrected chi connectivity index (χ3v) is 7.58. The van der Waals surface area contributed by atoms with Gasteiger partial charge in [0.25, 0.3) is 0 Å². The highest BCUT2D eigenvalue weighted by Crippen LogP contribution is 2.32. The van der Waals surface area contributed by atoms with Gasteiger partial charge in [-0.1, -0.05) is 61.2 Å². The molecule has 1 aliphatic heterocycles. The summed E-state index contributed by atoms with van der Waals surface area (Å²) in [4.78, 5) is 18.4. The first-order valence-electron chi connectivity index (χ1n) is 13.0. The normalized spacial score (nSPS) is 19.5. The summed E-state index contributed by atoms with van der Waals surface area (Å²) in [7, 11) is 0. The van der Waals surface area contributed by atoms with Crippen molar-refractivity contribution >= 4 is 5.78 Å². The van der Waals surface area contributed by atoms with E-state index in [9.17, 15) is 18.0 Å². The van der Waals surface area contributed by atoms with E-state index in [1.807, 2.05) is 30.3 Å². The maximum atomic E-state index is 13.5. The number of rotatable bonds is 8. The van der Waals surface area contributed by atoms with Gasteiger partial charge in [-0.05, 0) is 55.9 Å². The number of hydrogen-bond donors (Lipinski definition) is 0. The first kappa shape index (κ1) is 25.9. The number of carbonyl (C=O) groups excluding carboxylic acids is 1. The van der Waals surface area contributed by atoms with Crippen molar-refractivity contribution in [2.45, 2.75) is 76.6 Å². The molecule has 0 radical (unpaired) electrons. The highest BCUT2D eigenvalue weighted by molar-refractivity contribution is 5.85. The van der Waals surface area contributed by atoms with Gasteiger partial charge in [0.15, 0.2) is 5.78 Å². The molecule has 190 valence electrons. The fraction of sp³-hybridized carbons (Fsp3) is 0.552. The molecule has 1 heterocycles. The van der Waals surface area contributed by atoms with E-state index in [1.54, 1.807) is 13.0 Å². The van der Waals surface area contributed by atoms with Crippen molar-refractivity contribution in [2.24, 2.45) is 0 Å². The number of Topliss-reactive ketones (excluding diaryl/α,β-unsaturated/α-hetero) is 1. The summed E-state index contributed by atoms with van der Waals surface area (Å²) in [6, 6.07) is 14.5. The number of hydrogen-bond acceptors (Lipinski definition) is 3. The Bertz CT molecular complexity index is 962. The lowest BCUT2D eigenvalue weighted by Gasteiger charge is -2.43. The summed E-state index contributed by atoms with van der Waals surface area (Å²) in [5, 5.41) is 0. The average molecular weight is 487 g/mol. The lowest BCUT2D eigenvalue weighted by Crippen LogP contribution is -2.52. The molecule has 1 unspecified atom stereocenters. The van der Waals surface area contributed by atoms with Crippen LogP contribution in [0, 0.1) is 6.92 Å². The van der Waals surface area contributed by atoms with E-state index in [4.69, 9.17) is 0 Å². The van der Waals surface area contributed by atoms with Gasteiger partial charge in [-0.25, -0.2) is 0 Å². The average Bonchev–Trinajstić information content (AvgIpc) is 2.85. The van der Waals surface area contributed by atoms with E-state index in [-0.39, 0.29) is 11.8 Å². The largest absolute Gasteiger partial charge is 0.416 e. The quantitative estimate of drug-likeness (QED) is 0.420. The molecule has 0 bridgehead atoms. The van der Waals surface area contributed by atoms with Crippen LogP contribution in [0.25, 0.3) is 0 Å². The molecule has 0 aromatic heterocycles. The van der Waals surface area contributed by atoms with Crippen molar-refractivity contribution in [1.29, 1.82) is 0 Å². The number of aryl methyl sites for hydroxylation is 2. The Balaban J connectivity index is 1.39. The number of nitrogens with zero attached hydrogens (tertiary/aromatic N) is 2. The van der Waals surface area contributed by atoms with Crippen LogP contribution in [0.3, 0.4) is 0 Å². The number of halogens is 3. The Kier molecular flexibility index (Phi) is 8.66. The Morgan fingerprint density at radius 1 is 0.971 bits per heavy atom. The van der Waals surface area contributed by atoms with E-state index in [1.165, 1.54) is 44.2 Å². The van der Waals surface area contributed by atoms with Crippen LogP contribution in [-0.4, -0.2) is 47.8 Å². The van der Waals surface area contributed by atoms with Gasteiger partial charge in [0, 0.05) is 38.6 Å². The van der Waals surface area contributed by atoms with E-state index in [0.717, 1.165) is 31.7 Å². The molecular formula is C29H37F3N2O. The minimum Gasteiger partial charge on any atom is -0.298 e. The predicted molar refractivity (Wildman–Crippen MR) is 133 cm³/mol. The van der Waals surface area contributed by atoms with E-state index < -0.39 is 11.7 Å². The molecule has 0 amide bonds. The lowest BCUT2D eigenvalue weighted by molar-refractivity contribution is -0.137. The fourth-order valence-corrected chi connectivity index (χ4v) is 5.82. The highest BCUT2D eigenvalue weighted by Gasteiger charge is 2.33. The van der Waals surface area contributed by atoms with Crippen LogP contribution in [-0.2, 0) is 17.4 Å². The van der Waals surface area contributed by atoms with Gasteiger partial charge in [-0.2, -0.15) is 13.2 Å². The number of ketones is 1. The second kappa shape index (κ2) is 11.7. The molecule has 1 atom stereocenters. The summed E-state index contributed by atoms with van der Waals surface area (Å²) < 4.78 is 39.5. The summed E-state index contributed by atoms with van der Waals surface area (Å²) in [5.74, 6) is 0.158. The van der Waals surface area contributed by atoms with Crippen LogP contribution in [0.4, 0.5) is 13.2 Å². The van der Waals surface area contributed by atoms with E-state index in [0.29, 0.717) is 36.4 Å². The topological polar surface area (TPSA) is 23.6 Å². The van der Waals surface area contributed by atoms with Gasteiger partial charge in [0.1, 0.15) is 0 Å². The zero-order chi connectivity index (χ0) is 24.8. The van der Waals surface area contributed by atoms with Gasteiger partial charge in [0.2, 0.25) is 0 Å². The molecular weight excluding hydrogens is 449 g/mol. The smallest absolute Gasteiger partial charge is 0.298 e. The van der Waals surface area contributed by atoms with Crippen LogP contribution in [0.5, 0.6) is 0 Å². The molecule has 2 aromatic rings. The number of carbonyl (C=O) groups is 1. The Labute approximate surface area is 207 Å². The standard InChI is InChI=1S/C29H37F3N2O/c1-22-19-23(21-25(20-22)29(30,31)32)9-8-14-27(35)28(24-10-4-2-5-11-24)34-17-15-33(16-18-34)26-12-6-3-7-13-26/h2,4-5,10-11,19-21,26,28H,3,6-9,12-18H2,1H3. The van der Waals surface area contributed by atoms with Crippen LogP contribution < -0.4 is 0 Å². The van der Waals surface area contributed by atoms with Crippen LogP contribution >= 0.6 is 0 Å². The Morgan fingerprint density at radius 3 is 2.31 bits per heavy atom. The first-order valence-corrected chi connectivity index (χ1v) is 13.0. The molecule has 0 N–H and O–H groups in total. The molecule has 0 spiro atoms. The van der Waals surface area contributed by atoms with Crippen LogP contribution in [0.2, 0.25) is 0 Å². The zero-order valence-electron chi connectivity index (χ0n) is 20.7. The summed E-state index contributed by atoms with van der Waals surface area (Å²) in [6.07, 6.45) is 3.58. The van der Waals surface area contributed by atoms with Crippen LogP contribution in [0.15, 0.2) is 48.5 Å². The second-order valence-electron chi connectivity index (χ2n) is 10.2. The predicted octanol–water partition coefficient (Wildman–Crippen LogP) is 6.60. The molecule has 3 nitrogen and oxygen atoms in total. The molecule has 4 rings (SSSR count). The molecule has 1 aliphatic carbocycles. The third-order valence-electron chi connectivity index (χ3n) is 7.58. The van der Waals surface area contributed by atoms with Gasteiger partial charge in [-0.3, -0.25) is 14.6 Å². The first-order chi connectivity index (χ1) is 16.8. The molecule has 35 heavy (non-hydrogen) atoms. The third kappa shape index (κ3) is 6.95. The minimum atomic E-state index is -4.35. The van der Waals surface area contributed by atoms with E-state index in [2.05, 4.69) is 9.80 Å². The van der Waals surface area contributed by atoms with Crippen LogP contribution in [0.1, 0.15) is 73.2 Å². The van der Waals surface area contributed by atoms with Crippen molar-refractivity contribution in [2.75, 3.05) is 26.2 Å². The van der Waals surface area contributed by atoms with Gasteiger partial charge in [-0.15, -0.1) is 0 Å². The van der Waals surface area contributed by atoms with Crippen molar-refractivity contribution in [3.8, 4) is 0 Å². The number of benzene rings is 2. The van der Waals surface area contributed by atoms with Gasteiger partial charge in [0.05, 0.1) is 11.6 Å². The Hall–Kier alpha value is -2.18. The maximum absolute atomic E-state index is 13.5. The Morgan fingerprint density at radius 2 is 1.66 bits per heavy atom. The van der Waals surface area contributed by atoms with Crippen molar-refractivity contribution in [1.82, 2.24) is 9.80 Å². The van der Waals surface area contributed by atoms with Crippen molar-refractivity contribution in [3.05, 3.63) is 70.8 Å². The second-order valence-corrected chi connectivity index (χ2v) is 10.2. The molecule has 1 saturated heterocycles. The van der Waals surface area contributed by atoms with Gasteiger partial charge >= 0.3 is 6.18 Å². The molecule has 2 aliphatic rings. The monoisotopic (exact) mass is 486 g/mol. The summed E-state index contributed by atoms with van der Waals surface area (Å²) >= 11 is 0. The molecule has 1 saturated carbocycles. The number of piperazine rings is 1. The van der Waals surface area contributed by atoms with Crippen molar-refractivity contribution < 1.29 is 18.0 Å². The zero-order valence-corrected chi connectivity index (χ0v) is 20.7. The minimum absolute atomic E-state index is 0.158. The lowest BCUT2D eigenvalue weighted by atomic mass is 9.93. The highest BCUT2D eigenvalue weighted by atomic mass is 19.4.